The van der Waals surface area contributed by atoms with Crippen molar-refractivity contribution >= 4 is 48.3 Å². The molecule has 0 saturated heterocycles. The Morgan fingerprint density at radius 2 is 1.57 bits per heavy atom. The van der Waals surface area contributed by atoms with E-state index in [4.69, 9.17) is 10.3 Å². The molecule has 0 radical (unpaired) electrons. The van der Waals surface area contributed by atoms with Crippen molar-refractivity contribution in [1.29, 1.82) is 0 Å². The molecule has 0 aliphatic rings. The number of hydrogen-bond donors (Lipinski definition) is 4. The summed E-state index contributed by atoms with van der Waals surface area (Å²) in [4.78, 5) is 11.3. The number of carbonyl (C=O) groups is 1. The van der Waals surface area contributed by atoms with Crippen molar-refractivity contribution in [2.75, 3.05) is 11.1 Å². The Hall–Kier alpha value is -2.99. The molecule has 0 spiro atoms. The van der Waals surface area contributed by atoms with Crippen LogP contribution in [0.25, 0.3) is 10.8 Å². The first-order valence-electron chi connectivity index (χ1n) is 7.65. The first kappa shape index (κ1) is 19.8. The van der Waals surface area contributed by atoms with Crippen LogP contribution in [0.2, 0.25) is 0 Å². The molecule has 28 heavy (non-hydrogen) atoms. The van der Waals surface area contributed by atoms with Crippen molar-refractivity contribution in [3.05, 3.63) is 60.2 Å². The summed E-state index contributed by atoms with van der Waals surface area (Å²) in [7, 11) is -9.27. The van der Waals surface area contributed by atoms with Gasteiger partial charge in [-0.2, -0.15) is 16.8 Å². The average molecular weight is 422 g/mol. The molecular weight excluding hydrogens is 408 g/mol. The van der Waals surface area contributed by atoms with Gasteiger partial charge in [-0.15, -0.1) is 0 Å². The molecule has 3 aromatic rings. The molecule has 0 aromatic heterocycles. The van der Waals surface area contributed by atoms with Gasteiger partial charge in [0.25, 0.3) is 26.1 Å². The molecular formula is C17H14N2O7S2. The largest absolute Gasteiger partial charge is 0.399 e. The van der Waals surface area contributed by atoms with Gasteiger partial charge in [0.1, 0.15) is 4.90 Å². The Morgan fingerprint density at radius 1 is 0.857 bits per heavy atom. The highest BCUT2D eigenvalue weighted by Crippen LogP contribution is 2.30. The summed E-state index contributed by atoms with van der Waals surface area (Å²) in [5, 5.41) is 2.88. The van der Waals surface area contributed by atoms with Crippen LogP contribution in [-0.4, -0.2) is 31.8 Å². The number of fused-ring (bicyclic) bond motifs is 1. The fraction of sp³-hybridized carbons (Fsp3) is 0. The summed E-state index contributed by atoms with van der Waals surface area (Å²) in [5.41, 5.74) is 5.92. The molecule has 0 unspecified atom stereocenters. The third-order valence-electron chi connectivity index (χ3n) is 3.88. The summed E-state index contributed by atoms with van der Waals surface area (Å²) in [6, 6.07) is 11.7. The van der Waals surface area contributed by atoms with Gasteiger partial charge in [0.05, 0.1) is 10.6 Å². The Morgan fingerprint density at radius 3 is 2.18 bits per heavy atom. The van der Waals surface area contributed by atoms with E-state index in [9.17, 15) is 26.2 Å². The van der Waals surface area contributed by atoms with Crippen LogP contribution in [0.5, 0.6) is 0 Å². The van der Waals surface area contributed by atoms with Gasteiger partial charge in [0.15, 0.2) is 0 Å². The lowest BCUT2D eigenvalue weighted by atomic mass is 10.1. The molecule has 0 bridgehead atoms. The zero-order chi connectivity index (χ0) is 20.7. The summed E-state index contributed by atoms with van der Waals surface area (Å²) in [5.74, 6) is -0.661. The van der Waals surface area contributed by atoms with Crippen molar-refractivity contribution in [3.63, 3.8) is 0 Å². The van der Waals surface area contributed by atoms with Crippen LogP contribution in [0.1, 0.15) is 10.4 Å². The van der Waals surface area contributed by atoms with Crippen molar-refractivity contribution in [1.82, 2.24) is 0 Å². The molecule has 0 fully saturated rings. The predicted octanol–water partition coefficient (Wildman–Crippen LogP) is 2.17. The minimum atomic E-state index is -4.76. The van der Waals surface area contributed by atoms with Gasteiger partial charge >= 0.3 is 0 Å². The van der Waals surface area contributed by atoms with Crippen molar-refractivity contribution in [2.24, 2.45) is 0 Å². The SMILES string of the molecule is Nc1cccc(C(=O)Nc2cc3ccc(S(=O)(=O)O)cc3cc2S(=O)(=O)O)c1. The second-order valence-electron chi connectivity index (χ2n) is 5.89. The van der Waals surface area contributed by atoms with Gasteiger partial charge in [-0.05, 0) is 53.2 Å². The predicted molar refractivity (Wildman–Crippen MR) is 102 cm³/mol. The third kappa shape index (κ3) is 4.12. The first-order chi connectivity index (χ1) is 12.9. The number of benzene rings is 3. The molecule has 0 aliphatic carbocycles. The van der Waals surface area contributed by atoms with E-state index < -0.39 is 35.9 Å². The summed E-state index contributed by atoms with van der Waals surface area (Å²) >= 11 is 0. The zero-order valence-corrected chi connectivity index (χ0v) is 15.7. The van der Waals surface area contributed by atoms with Crippen LogP contribution in [-0.2, 0) is 20.2 Å². The zero-order valence-electron chi connectivity index (χ0n) is 14.0. The van der Waals surface area contributed by atoms with E-state index in [1.807, 2.05) is 0 Å². The van der Waals surface area contributed by atoms with E-state index in [-0.39, 0.29) is 16.6 Å². The molecule has 0 saturated carbocycles. The van der Waals surface area contributed by atoms with E-state index in [0.717, 1.165) is 18.2 Å². The van der Waals surface area contributed by atoms with E-state index in [0.29, 0.717) is 11.1 Å². The molecule has 9 nitrogen and oxygen atoms in total. The van der Waals surface area contributed by atoms with Gasteiger partial charge < -0.3 is 11.1 Å². The number of carbonyl (C=O) groups excluding carboxylic acids is 1. The first-order valence-corrected chi connectivity index (χ1v) is 10.5. The monoisotopic (exact) mass is 422 g/mol. The van der Waals surface area contributed by atoms with Crippen molar-refractivity contribution in [3.8, 4) is 0 Å². The fourth-order valence-corrected chi connectivity index (χ4v) is 3.78. The van der Waals surface area contributed by atoms with Crippen molar-refractivity contribution < 1.29 is 30.7 Å². The molecule has 0 heterocycles. The highest BCUT2D eigenvalue weighted by atomic mass is 32.2. The van der Waals surface area contributed by atoms with Gasteiger partial charge in [-0.3, -0.25) is 13.9 Å². The van der Waals surface area contributed by atoms with Crippen LogP contribution in [0, 0.1) is 0 Å². The Labute approximate surface area is 160 Å². The number of nitrogen functional groups attached to an aromatic ring is 1. The van der Waals surface area contributed by atoms with Crippen LogP contribution in [0.15, 0.2) is 64.4 Å². The highest BCUT2D eigenvalue weighted by Gasteiger charge is 2.20. The Kier molecular flexibility index (Phi) is 4.85. The average Bonchev–Trinajstić information content (AvgIpc) is 2.59. The number of anilines is 2. The molecule has 11 heteroatoms. The van der Waals surface area contributed by atoms with Crippen LogP contribution in [0.3, 0.4) is 0 Å². The summed E-state index contributed by atoms with van der Waals surface area (Å²) in [6.45, 7) is 0. The van der Waals surface area contributed by atoms with Gasteiger partial charge in [0, 0.05) is 11.3 Å². The number of nitrogens with one attached hydrogen (secondary N) is 1. The maximum Gasteiger partial charge on any atom is 0.296 e. The molecule has 3 rings (SSSR count). The molecule has 0 aliphatic heterocycles. The van der Waals surface area contributed by atoms with E-state index >= 15 is 0 Å². The second-order valence-corrected chi connectivity index (χ2v) is 8.70. The quantitative estimate of drug-likeness (QED) is 0.367. The minimum absolute atomic E-state index is 0.115. The van der Waals surface area contributed by atoms with E-state index in [1.165, 1.54) is 24.3 Å². The maximum absolute atomic E-state index is 12.4. The van der Waals surface area contributed by atoms with E-state index in [2.05, 4.69) is 5.32 Å². The van der Waals surface area contributed by atoms with Crippen LogP contribution >= 0.6 is 0 Å². The Balaban J connectivity index is 2.14. The minimum Gasteiger partial charge on any atom is -0.399 e. The van der Waals surface area contributed by atoms with E-state index in [1.54, 1.807) is 12.1 Å². The smallest absolute Gasteiger partial charge is 0.296 e. The van der Waals surface area contributed by atoms with Gasteiger partial charge in [0.2, 0.25) is 0 Å². The second kappa shape index (κ2) is 6.87. The highest BCUT2D eigenvalue weighted by molar-refractivity contribution is 7.86. The maximum atomic E-state index is 12.4. The molecule has 146 valence electrons. The van der Waals surface area contributed by atoms with Crippen LogP contribution in [0.4, 0.5) is 11.4 Å². The molecule has 0 atom stereocenters. The lowest BCUT2D eigenvalue weighted by molar-refractivity contribution is 0.102. The molecule has 5 N–H and O–H groups in total. The fourth-order valence-electron chi connectivity index (χ4n) is 2.60. The van der Waals surface area contributed by atoms with Crippen molar-refractivity contribution in [2.45, 2.75) is 9.79 Å². The molecule has 3 aromatic carbocycles. The topological polar surface area (TPSA) is 164 Å². The number of amides is 1. The lowest BCUT2D eigenvalue weighted by Crippen LogP contribution is -2.15. The number of hydrogen-bond acceptors (Lipinski definition) is 6. The standard InChI is InChI=1S/C17H14N2O7S2/c18-13-3-1-2-11(6-13)17(20)19-15-8-10-4-5-14(27(21,22)23)7-12(10)9-16(15)28(24,25)26/h1-9H,18H2,(H,19,20)(H,21,22,23)(H,24,25,26). The lowest BCUT2D eigenvalue weighted by Gasteiger charge is -2.12. The van der Waals surface area contributed by atoms with Gasteiger partial charge in [-0.1, -0.05) is 12.1 Å². The van der Waals surface area contributed by atoms with Gasteiger partial charge in [-0.25, -0.2) is 0 Å². The normalized spacial score (nSPS) is 12.1. The molecule has 1 amide bonds. The summed E-state index contributed by atoms with van der Waals surface area (Å²) in [6.07, 6.45) is 0. The third-order valence-corrected chi connectivity index (χ3v) is 5.63. The van der Waals surface area contributed by atoms with Crippen LogP contribution < -0.4 is 11.1 Å². The number of nitrogens with two attached hydrogens (primary N) is 1. The number of rotatable bonds is 4. The summed E-state index contributed by atoms with van der Waals surface area (Å²) < 4.78 is 64.7. The Bertz CT molecular complexity index is 1320.